The van der Waals surface area contributed by atoms with Crippen LogP contribution in [0.25, 0.3) is 5.65 Å². The summed E-state index contributed by atoms with van der Waals surface area (Å²) in [6.07, 6.45) is 7.20. The number of hydrogen-bond acceptors (Lipinski definition) is 6. The Balaban J connectivity index is 1.50. The second-order valence-corrected chi connectivity index (χ2v) is 5.42. The number of fused-ring (bicyclic) bond motifs is 1. The highest BCUT2D eigenvalue weighted by Crippen LogP contribution is 2.20. The van der Waals surface area contributed by atoms with E-state index in [2.05, 4.69) is 36.8 Å². The molecule has 0 aliphatic carbocycles. The van der Waals surface area contributed by atoms with E-state index in [4.69, 9.17) is 0 Å². The van der Waals surface area contributed by atoms with E-state index in [-0.39, 0.29) is 0 Å². The van der Waals surface area contributed by atoms with Gasteiger partial charge in [0.2, 0.25) is 0 Å². The molecule has 1 fully saturated rings. The molecular formula is C15H17N7. The minimum absolute atomic E-state index is 0.881. The fourth-order valence-electron chi connectivity index (χ4n) is 2.85. The predicted octanol–water partition coefficient (Wildman–Crippen LogP) is 1.15. The first-order valence-electron chi connectivity index (χ1n) is 7.38. The van der Waals surface area contributed by atoms with Gasteiger partial charge in [-0.1, -0.05) is 0 Å². The Hall–Kier alpha value is -2.70. The third-order valence-electron chi connectivity index (χ3n) is 4.01. The van der Waals surface area contributed by atoms with Crippen molar-refractivity contribution in [1.82, 2.24) is 24.6 Å². The topological polar surface area (TPSA) is 62.5 Å². The third kappa shape index (κ3) is 2.24. The van der Waals surface area contributed by atoms with Gasteiger partial charge in [-0.2, -0.15) is 5.10 Å². The summed E-state index contributed by atoms with van der Waals surface area (Å²) < 4.78 is 1.78. The van der Waals surface area contributed by atoms with Gasteiger partial charge in [0.1, 0.15) is 18.0 Å². The van der Waals surface area contributed by atoms with Gasteiger partial charge in [0.15, 0.2) is 5.65 Å². The molecule has 0 radical (unpaired) electrons. The molecular weight excluding hydrogens is 278 g/mol. The van der Waals surface area contributed by atoms with Crippen LogP contribution in [0.3, 0.4) is 0 Å². The van der Waals surface area contributed by atoms with E-state index in [0.29, 0.717) is 0 Å². The quantitative estimate of drug-likeness (QED) is 0.707. The molecule has 4 rings (SSSR count). The molecule has 0 spiro atoms. The lowest BCUT2D eigenvalue weighted by Crippen LogP contribution is -2.47. The number of piperazine rings is 1. The summed E-state index contributed by atoms with van der Waals surface area (Å²) in [7, 11) is 0. The van der Waals surface area contributed by atoms with Crippen LogP contribution in [-0.2, 0) is 0 Å². The molecule has 4 heterocycles. The van der Waals surface area contributed by atoms with Crippen LogP contribution < -0.4 is 9.80 Å². The molecule has 7 heteroatoms. The second kappa shape index (κ2) is 5.25. The molecule has 112 valence electrons. The van der Waals surface area contributed by atoms with E-state index in [0.717, 1.165) is 49.0 Å². The molecule has 0 saturated carbocycles. The van der Waals surface area contributed by atoms with Crippen molar-refractivity contribution in [3.63, 3.8) is 0 Å². The zero-order valence-corrected chi connectivity index (χ0v) is 12.4. The maximum atomic E-state index is 4.66. The molecule has 0 atom stereocenters. The van der Waals surface area contributed by atoms with Crippen molar-refractivity contribution in [2.24, 2.45) is 0 Å². The molecule has 1 aliphatic heterocycles. The summed E-state index contributed by atoms with van der Waals surface area (Å²) in [6.45, 7) is 5.78. The summed E-state index contributed by atoms with van der Waals surface area (Å²) in [6, 6.07) is 3.94. The number of nitrogens with zero attached hydrogens (tertiary/aromatic N) is 7. The Labute approximate surface area is 128 Å². The van der Waals surface area contributed by atoms with Crippen LogP contribution >= 0.6 is 0 Å². The van der Waals surface area contributed by atoms with E-state index in [1.807, 2.05) is 24.5 Å². The lowest BCUT2D eigenvalue weighted by Gasteiger charge is -2.36. The molecule has 1 saturated heterocycles. The van der Waals surface area contributed by atoms with Crippen molar-refractivity contribution in [3.8, 4) is 0 Å². The van der Waals surface area contributed by atoms with Crippen molar-refractivity contribution in [2.45, 2.75) is 6.92 Å². The van der Waals surface area contributed by atoms with E-state index < -0.39 is 0 Å². The highest BCUT2D eigenvalue weighted by Gasteiger charge is 2.20. The fraction of sp³-hybridized carbons (Fsp3) is 0.333. The SMILES string of the molecule is Cc1cncnc1N1CCN(c2ccn3nccc3n2)CC1. The predicted molar refractivity (Wildman–Crippen MR) is 84.2 cm³/mol. The molecule has 0 amide bonds. The summed E-state index contributed by atoms with van der Waals surface area (Å²) in [5, 5.41) is 4.18. The van der Waals surface area contributed by atoms with Crippen molar-refractivity contribution >= 4 is 17.3 Å². The maximum Gasteiger partial charge on any atom is 0.157 e. The van der Waals surface area contributed by atoms with Crippen molar-refractivity contribution in [1.29, 1.82) is 0 Å². The molecule has 0 bridgehead atoms. The summed E-state index contributed by atoms with van der Waals surface area (Å²) in [5.41, 5.74) is 2.00. The Kier molecular flexibility index (Phi) is 3.10. The average Bonchev–Trinajstić information content (AvgIpc) is 3.03. The Bertz CT molecular complexity index is 789. The van der Waals surface area contributed by atoms with Crippen LogP contribution in [-0.4, -0.2) is 50.7 Å². The zero-order chi connectivity index (χ0) is 14.9. The minimum Gasteiger partial charge on any atom is -0.353 e. The number of rotatable bonds is 2. The normalized spacial score (nSPS) is 15.5. The summed E-state index contributed by atoms with van der Waals surface area (Å²) in [4.78, 5) is 17.7. The lowest BCUT2D eigenvalue weighted by atomic mass is 10.2. The summed E-state index contributed by atoms with van der Waals surface area (Å²) in [5.74, 6) is 2.04. The van der Waals surface area contributed by atoms with Gasteiger partial charge in [-0.3, -0.25) is 0 Å². The van der Waals surface area contributed by atoms with E-state index in [1.54, 1.807) is 17.0 Å². The van der Waals surface area contributed by atoms with Crippen molar-refractivity contribution in [2.75, 3.05) is 36.0 Å². The van der Waals surface area contributed by atoms with Crippen LogP contribution in [0.5, 0.6) is 0 Å². The van der Waals surface area contributed by atoms with E-state index >= 15 is 0 Å². The second-order valence-electron chi connectivity index (χ2n) is 5.42. The zero-order valence-electron chi connectivity index (χ0n) is 12.4. The molecule has 0 unspecified atom stereocenters. The fourth-order valence-corrected chi connectivity index (χ4v) is 2.85. The molecule has 7 nitrogen and oxygen atoms in total. The standard InChI is InChI=1S/C15H17N7/c1-12-10-16-11-17-15(12)21-8-6-20(7-9-21)13-3-5-22-14(19-13)2-4-18-22/h2-5,10-11H,6-9H2,1H3. The van der Waals surface area contributed by atoms with Crippen LogP contribution in [0, 0.1) is 6.92 Å². The largest absolute Gasteiger partial charge is 0.353 e. The minimum atomic E-state index is 0.881. The lowest BCUT2D eigenvalue weighted by molar-refractivity contribution is 0.639. The molecule has 0 N–H and O–H groups in total. The van der Waals surface area contributed by atoms with Gasteiger partial charge in [0.25, 0.3) is 0 Å². The van der Waals surface area contributed by atoms with E-state index in [1.165, 1.54) is 0 Å². The smallest absolute Gasteiger partial charge is 0.157 e. The van der Waals surface area contributed by atoms with Crippen LogP contribution in [0.15, 0.2) is 37.1 Å². The number of anilines is 2. The van der Waals surface area contributed by atoms with Gasteiger partial charge in [0.05, 0.1) is 6.20 Å². The van der Waals surface area contributed by atoms with Crippen molar-refractivity contribution < 1.29 is 0 Å². The Morgan fingerprint density at radius 2 is 1.86 bits per heavy atom. The third-order valence-corrected chi connectivity index (χ3v) is 4.01. The van der Waals surface area contributed by atoms with Crippen LogP contribution in [0.4, 0.5) is 11.6 Å². The first-order valence-corrected chi connectivity index (χ1v) is 7.38. The van der Waals surface area contributed by atoms with Gasteiger partial charge in [-0.15, -0.1) is 0 Å². The molecule has 22 heavy (non-hydrogen) atoms. The Morgan fingerprint density at radius 3 is 2.68 bits per heavy atom. The molecule has 3 aromatic rings. The average molecular weight is 295 g/mol. The highest BCUT2D eigenvalue weighted by atomic mass is 15.3. The highest BCUT2D eigenvalue weighted by molar-refractivity contribution is 5.50. The van der Waals surface area contributed by atoms with Crippen LogP contribution in [0.1, 0.15) is 5.56 Å². The first kappa shape index (κ1) is 13.0. The van der Waals surface area contributed by atoms with Gasteiger partial charge >= 0.3 is 0 Å². The monoisotopic (exact) mass is 295 g/mol. The van der Waals surface area contributed by atoms with Gasteiger partial charge < -0.3 is 9.80 Å². The number of hydrogen-bond donors (Lipinski definition) is 0. The maximum absolute atomic E-state index is 4.66. The van der Waals surface area contributed by atoms with Gasteiger partial charge in [0, 0.05) is 50.2 Å². The van der Waals surface area contributed by atoms with Crippen LogP contribution in [0.2, 0.25) is 0 Å². The molecule has 0 aromatic carbocycles. The van der Waals surface area contributed by atoms with Gasteiger partial charge in [-0.25, -0.2) is 19.5 Å². The Morgan fingerprint density at radius 1 is 1.05 bits per heavy atom. The van der Waals surface area contributed by atoms with Crippen molar-refractivity contribution in [3.05, 3.63) is 42.6 Å². The number of aryl methyl sites for hydroxylation is 1. The molecule has 3 aromatic heterocycles. The summed E-state index contributed by atoms with van der Waals surface area (Å²) >= 11 is 0. The first-order chi connectivity index (χ1) is 10.8. The van der Waals surface area contributed by atoms with Gasteiger partial charge in [-0.05, 0) is 13.0 Å². The van der Waals surface area contributed by atoms with E-state index in [9.17, 15) is 0 Å². The number of aromatic nitrogens is 5. The molecule has 1 aliphatic rings.